The van der Waals surface area contributed by atoms with E-state index in [4.69, 9.17) is 4.74 Å². The van der Waals surface area contributed by atoms with Crippen molar-refractivity contribution in [2.45, 2.75) is 13.3 Å². The molecule has 0 saturated heterocycles. The van der Waals surface area contributed by atoms with E-state index in [2.05, 4.69) is 26.6 Å². The fraction of sp³-hybridized carbons (Fsp3) is 0.211. The minimum absolute atomic E-state index is 0.178. The minimum Gasteiger partial charge on any atom is -0.454 e. The van der Waals surface area contributed by atoms with Crippen LogP contribution in [0.5, 0.6) is 0 Å². The van der Waals surface area contributed by atoms with Crippen molar-refractivity contribution in [3.8, 4) is 0 Å². The topological polar surface area (TPSA) is 84.5 Å². The van der Waals surface area contributed by atoms with Gasteiger partial charge in [-0.2, -0.15) is 0 Å². The molecule has 0 fully saturated rings. The molecule has 0 bridgehead atoms. The first kappa shape index (κ1) is 19.7. The Morgan fingerprint density at radius 3 is 2.46 bits per heavy atom. The minimum atomic E-state index is -0.673. The molecule has 0 unspecified atom stereocenters. The number of anilines is 1. The second kappa shape index (κ2) is 9.72. The van der Waals surface area contributed by atoms with E-state index >= 15 is 0 Å². The van der Waals surface area contributed by atoms with E-state index in [1.54, 1.807) is 12.1 Å². The molecule has 0 aliphatic rings. The van der Waals surface area contributed by atoms with Gasteiger partial charge >= 0.3 is 5.97 Å². The van der Waals surface area contributed by atoms with E-state index in [9.17, 15) is 14.4 Å². The molecule has 0 aliphatic heterocycles. The first-order chi connectivity index (χ1) is 12.4. The summed E-state index contributed by atoms with van der Waals surface area (Å²) in [4.78, 5) is 35.2. The molecule has 6 nitrogen and oxygen atoms in total. The van der Waals surface area contributed by atoms with Crippen LogP contribution in [0.15, 0.2) is 53.0 Å². The van der Waals surface area contributed by atoms with Crippen LogP contribution in [0.2, 0.25) is 0 Å². The van der Waals surface area contributed by atoms with Crippen molar-refractivity contribution in [3.63, 3.8) is 0 Å². The van der Waals surface area contributed by atoms with Crippen LogP contribution in [0, 0.1) is 6.92 Å². The zero-order valence-electron chi connectivity index (χ0n) is 14.3. The van der Waals surface area contributed by atoms with Crippen LogP contribution in [0.25, 0.3) is 0 Å². The van der Waals surface area contributed by atoms with E-state index in [1.165, 1.54) is 0 Å². The maximum absolute atomic E-state index is 11.8. The number of carbonyl (C=O) groups is 3. The van der Waals surface area contributed by atoms with Gasteiger partial charge in [-0.15, -0.1) is 0 Å². The molecular formula is C19H19BrN2O4. The second-order valence-corrected chi connectivity index (χ2v) is 6.47. The Balaban J connectivity index is 1.68. The number of nitrogens with one attached hydrogen (secondary N) is 2. The molecule has 2 aromatic carbocycles. The lowest BCUT2D eigenvalue weighted by atomic mass is 10.1. The highest BCUT2D eigenvalue weighted by atomic mass is 79.9. The van der Waals surface area contributed by atoms with Gasteiger partial charge in [-0.1, -0.05) is 46.3 Å². The molecule has 2 rings (SSSR count). The van der Waals surface area contributed by atoms with Crippen molar-refractivity contribution in [2.75, 3.05) is 18.5 Å². The van der Waals surface area contributed by atoms with Crippen LogP contribution in [-0.2, 0) is 25.5 Å². The second-order valence-electron chi connectivity index (χ2n) is 5.61. The molecular weight excluding hydrogens is 400 g/mol. The lowest BCUT2D eigenvalue weighted by molar-refractivity contribution is -0.147. The van der Waals surface area contributed by atoms with Gasteiger partial charge in [0.25, 0.3) is 5.91 Å². The highest BCUT2D eigenvalue weighted by molar-refractivity contribution is 9.10. The quantitative estimate of drug-likeness (QED) is 0.676. The molecule has 0 radical (unpaired) electrons. The van der Waals surface area contributed by atoms with Gasteiger partial charge in [0.05, 0.1) is 6.42 Å². The summed E-state index contributed by atoms with van der Waals surface area (Å²) in [6.45, 7) is 1.21. The molecule has 136 valence electrons. The summed E-state index contributed by atoms with van der Waals surface area (Å²) in [6, 6.07) is 14.5. The standard InChI is InChI=1S/C19H19BrN2O4/c1-13-9-15(7-8-16(13)20)22-18(24)12-26-19(25)11-21-17(23)10-14-5-3-2-4-6-14/h2-9H,10-12H2,1H3,(H,21,23)(H,22,24). The van der Waals surface area contributed by atoms with Gasteiger partial charge in [-0.05, 0) is 36.2 Å². The number of ether oxygens (including phenoxy) is 1. The summed E-state index contributed by atoms with van der Waals surface area (Å²) in [5.41, 5.74) is 2.44. The summed E-state index contributed by atoms with van der Waals surface area (Å²) in [7, 11) is 0. The summed E-state index contributed by atoms with van der Waals surface area (Å²) >= 11 is 3.38. The van der Waals surface area contributed by atoms with Gasteiger partial charge in [0.15, 0.2) is 6.61 Å². The summed E-state index contributed by atoms with van der Waals surface area (Å²) in [6.07, 6.45) is 0.178. The Morgan fingerprint density at radius 2 is 1.77 bits per heavy atom. The molecule has 0 aliphatic carbocycles. The molecule has 26 heavy (non-hydrogen) atoms. The maximum atomic E-state index is 11.8. The Hall–Kier alpha value is -2.67. The Bertz CT molecular complexity index is 793. The normalized spacial score (nSPS) is 10.1. The predicted molar refractivity (Wildman–Crippen MR) is 102 cm³/mol. The molecule has 7 heteroatoms. The van der Waals surface area contributed by atoms with E-state index in [0.717, 1.165) is 15.6 Å². The third kappa shape index (κ3) is 6.68. The first-order valence-corrected chi connectivity index (χ1v) is 8.75. The number of rotatable bonds is 7. The molecule has 0 heterocycles. The van der Waals surface area contributed by atoms with Crippen molar-refractivity contribution >= 4 is 39.4 Å². The number of halogens is 1. The van der Waals surface area contributed by atoms with Crippen LogP contribution in [0.1, 0.15) is 11.1 Å². The average Bonchev–Trinajstić information content (AvgIpc) is 2.62. The summed E-state index contributed by atoms with van der Waals surface area (Å²) < 4.78 is 5.79. The fourth-order valence-corrected chi connectivity index (χ4v) is 2.38. The van der Waals surface area contributed by atoms with E-state index in [-0.39, 0.29) is 18.9 Å². The van der Waals surface area contributed by atoms with E-state index in [0.29, 0.717) is 5.69 Å². The number of hydrogen-bond acceptors (Lipinski definition) is 4. The SMILES string of the molecule is Cc1cc(NC(=O)COC(=O)CNC(=O)Cc2ccccc2)ccc1Br. The first-order valence-electron chi connectivity index (χ1n) is 7.96. The van der Waals surface area contributed by atoms with Gasteiger partial charge in [-0.3, -0.25) is 14.4 Å². The molecule has 2 N–H and O–H groups in total. The highest BCUT2D eigenvalue weighted by Crippen LogP contribution is 2.19. The molecule has 0 spiro atoms. The van der Waals surface area contributed by atoms with Gasteiger partial charge < -0.3 is 15.4 Å². The predicted octanol–water partition coefficient (Wildman–Crippen LogP) is 2.60. The average molecular weight is 419 g/mol. The largest absolute Gasteiger partial charge is 0.454 e. The molecule has 0 saturated carbocycles. The van der Waals surface area contributed by atoms with Gasteiger partial charge in [0.2, 0.25) is 5.91 Å². The zero-order valence-corrected chi connectivity index (χ0v) is 15.8. The van der Waals surface area contributed by atoms with E-state index < -0.39 is 18.5 Å². The van der Waals surface area contributed by atoms with Crippen molar-refractivity contribution in [2.24, 2.45) is 0 Å². The Kier molecular flexibility index (Phi) is 7.35. The number of hydrogen-bond donors (Lipinski definition) is 2. The van der Waals surface area contributed by atoms with Crippen molar-refractivity contribution in [1.29, 1.82) is 0 Å². The number of aryl methyl sites for hydroxylation is 1. The van der Waals surface area contributed by atoms with Crippen LogP contribution < -0.4 is 10.6 Å². The smallest absolute Gasteiger partial charge is 0.325 e. The zero-order chi connectivity index (χ0) is 18.9. The van der Waals surface area contributed by atoms with Crippen LogP contribution in [-0.4, -0.2) is 30.9 Å². The van der Waals surface area contributed by atoms with Gasteiger partial charge in [-0.25, -0.2) is 0 Å². The third-order valence-electron chi connectivity index (χ3n) is 3.44. The monoisotopic (exact) mass is 418 g/mol. The lowest BCUT2D eigenvalue weighted by Crippen LogP contribution is -2.33. The molecule has 2 aromatic rings. The van der Waals surface area contributed by atoms with Gasteiger partial charge in [0.1, 0.15) is 6.54 Å². The lowest BCUT2D eigenvalue weighted by Gasteiger charge is -2.08. The summed E-state index contributed by atoms with van der Waals surface area (Å²) in [5.74, 6) is -1.41. The number of carbonyl (C=O) groups excluding carboxylic acids is 3. The van der Waals surface area contributed by atoms with Crippen LogP contribution >= 0.6 is 15.9 Å². The van der Waals surface area contributed by atoms with Gasteiger partial charge in [0, 0.05) is 10.2 Å². The molecule has 0 aromatic heterocycles. The number of esters is 1. The van der Waals surface area contributed by atoms with Crippen molar-refractivity contribution in [1.82, 2.24) is 5.32 Å². The molecule has 2 amide bonds. The van der Waals surface area contributed by atoms with Crippen molar-refractivity contribution in [3.05, 3.63) is 64.1 Å². The summed E-state index contributed by atoms with van der Waals surface area (Å²) in [5, 5.41) is 5.11. The van der Waals surface area contributed by atoms with Crippen molar-refractivity contribution < 1.29 is 19.1 Å². The molecule has 0 atom stereocenters. The Labute approximate surface area is 160 Å². The maximum Gasteiger partial charge on any atom is 0.325 e. The number of benzene rings is 2. The number of amides is 2. The third-order valence-corrected chi connectivity index (χ3v) is 4.33. The Morgan fingerprint density at radius 1 is 1.04 bits per heavy atom. The van der Waals surface area contributed by atoms with E-state index in [1.807, 2.05) is 43.3 Å². The highest BCUT2D eigenvalue weighted by Gasteiger charge is 2.10. The van der Waals surface area contributed by atoms with Crippen LogP contribution in [0.3, 0.4) is 0 Å². The fourth-order valence-electron chi connectivity index (χ4n) is 2.13. The van der Waals surface area contributed by atoms with Crippen LogP contribution in [0.4, 0.5) is 5.69 Å².